The maximum absolute atomic E-state index is 11.7. The Labute approximate surface area is 142 Å². The highest BCUT2D eigenvalue weighted by Crippen LogP contribution is 2.12. The van der Waals surface area contributed by atoms with Gasteiger partial charge in [-0.15, -0.1) is 0 Å². The second-order valence-corrected chi connectivity index (χ2v) is 6.43. The minimum atomic E-state index is -1.15. The minimum Gasteiger partial charge on any atom is -0.492 e. The quantitative estimate of drug-likeness (QED) is 0.707. The molecule has 0 saturated heterocycles. The van der Waals surface area contributed by atoms with Gasteiger partial charge in [0.2, 0.25) is 0 Å². The second kappa shape index (κ2) is 9.10. The molecule has 0 radical (unpaired) electrons. The fourth-order valence-electron chi connectivity index (χ4n) is 1.81. The van der Waals surface area contributed by atoms with Crippen LogP contribution in [-0.4, -0.2) is 40.4 Å². The van der Waals surface area contributed by atoms with Gasteiger partial charge in [0.25, 0.3) is 0 Å². The Balaban J connectivity index is 2.62. The number of hydrogen-bond donors (Lipinski definition) is 2. The highest BCUT2D eigenvalue weighted by molar-refractivity contribution is 5.80. The first-order valence-corrected chi connectivity index (χ1v) is 8.01. The maximum Gasteiger partial charge on any atom is 0.408 e. The van der Waals surface area contributed by atoms with Crippen LogP contribution in [0.25, 0.3) is 0 Å². The number of nitrogens with one attached hydrogen (secondary N) is 1. The van der Waals surface area contributed by atoms with Gasteiger partial charge < -0.3 is 19.9 Å². The van der Waals surface area contributed by atoms with E-state index in [0.29, 0.717) is 18.1 Å². The average molecular weight is 338 g/mol. The summed E-state index contributed by atoms with van der Waals surface area (Å²) < 4.78 is 10.6. The molecule has 0 spiro atoms. The van der Waals surface area contributed by atoms with Crippen LogP contribution >= 0.6 is 0 Å². The monoisotopic (exact) mass is 338 g/mol. The normalized spacial score (nSPS) is 12.3. The van der Waals surface area contributed by atoms with Crippen molar-refractivity contribution in [3.05, 3.63) is 24.0 Å². The van der Waals surface area contributed by atoms with E-state index in [1.165, 1.54) is 0 Å². The van der Waals surface area contributed by atoms with Gasteiger partial charge in [-0.3, -0.25) is 4.98 Å². The molecule has 0 aliphatic heterocycles. The third kappa shape index (κ3) is 7.80. The molecule has 7 nitrogen and oxygen atoms in total. The molecule has 1 aromatic heterocycles. The summed E-state index contributed by atoms with van der Waals surface area (Å²) in [5.74, 6) is -0.509. The van der Waals surface area contributed by atoms with Crippen LogP contribution in [0.1, 0.15) is 46.2 Å². The molecule has 0 bridgehead atoms. The van der Waals surface area contributed by atoms with Crippen LogP contribution in [0.4, 0.5) is 4.79 Å². The average Bonchev–Trinajstić information content (AvgIpc) is 2.46. The summed E-state index contributed by atoms with van der Waals surface area (Å²) in [4.78, 5) is 27.2. The predicted octanol–water partition coefficient (Wildman–Crippen LogP) is 2.78. The summed E-state index contributed by atoms with van der Waals surface area (Å²) in [7, 11) is 0. The van der Waals surface area contributed by atoms with E-state index in [1.54, 1.807) is 39.1 Å². The van der Waals surface area contributed by atoms with E-state index < -0.39 is 23.7 Å². The zero-order valence-corrected chi connectivity index (χ0v) is 14.7. The van der Waals surface area contributed by atoms with Crippen molar-refractivity contribution >= 4 is 12.1 Å². The summed E-state index contributed by atoms with van der Waals surface area (Å²) >= 11 is 0. The molecule has 0 aliphatic carbocycles. The van der Waals surface area contributed by atoms with Crippen LogP contribution in [0, 0.1) is 0 Å². The molecule has 1 rings (SSSR count). The van der Waals surface area contributed by atoms with Gasteiger partial charge in [-0.05, 0) is 39.3 Å². The first kappa shape index (κ1) is 19.7. The van der Waals surface area contributed by atoms with Gasteiger partial charge >= 0.3 is 12.1 Å². The molecule has 2 N–H and O–H groups in total. The smallest absolute Gasteiger partial charge is 0.408 e. The fourth-order valence-corrected chi connectivity index (χ4v) is 1.81. The Bertz CT molecular complexity index is 537. The zero-order chi connectivity index (χ0) is 18.2. The Kier molecular flexibility index (Phi) is 7.48. The molecule has 1 atom stereocenters. The third-order valence-corrected chi connectivity index (χ3v) is 2.97. The van der Waals surface area contributed by atoms with E-state index in [2.05, 4.69) is 17.2 Å². The number of nitrogens with zero attached hydrogens (tertiary/aromatic N) is 1. The number of aromatic nitrogens is 1. The molecular formula is C17H26N2O5. The van der Waals surface area contributed by atoms with Gasteiger partial charge in [0.1, 0.15) is 17.4 Å². The first-order chi connectivity index (χ1) is 11.2. The van der Waals surface area contributed by atoms with Crippen LogP contribution in [0.3, 0.4) is 0 Å². The van der Waals surface area contributed by atoms with E-state index in [0.717, 1.165) is 12.8 Å². The molecule has 7 heteroatoms. The number of carbonyl (C=O) groups excluding carboxylic acids is 1. The number of ether oxygens (including phenoxy) is 2. The largest absolute Gasteiger partial charge is 0.492 e. The summed E-state index contributed by atoms with van der Waals surface area (Å²) in [5, 5.41) is 11.6. The number of carboxylic acid groups (broad SMARTS) is 1. The van der Waals surface area contributed by atoms with E-state index in [9.17, 15) is 14.7 Å². The molecule has 1 heterocycles. The number of carboxylic acids is 1. The van der Waals surface area contributed by atoms with Crippen molar-refractivity contribution in [2.24, 2.45) is 0 Å². The fraction of sp³-hybridized carbons (Fsp3) is 0.588. The Hall–Kier alpha value is -2.31. The lowest BCUT2D eigenvalue weighted by molar-refractivity contribution is -0.139. The molecule has 0 aliphatic rings. The molecule has 0 fully saturated rings. The van der Waals surface area contributed by atoms with Crippen molar-refractivity contribution < 1.29 is 24.2 Å². The molecular weight excluding hydrogens is 312 g/mol. The lowest BCUT2D eigenvalue weighted by atomic mass is 10.1. The Morgan fingerprint density at radius 2 is 2.04 bits per heavy atom. The topological polar surface area (TPSA) is 97.8 Å². The lowest BCUT2D eigenvalue weighted by Crippen LogP contribution is -2.44. The van der Waals surface area contributed by atoms with Crippen molar-refractivity contribution in [1.82, 2.24) is 10.3 Å². The predicted molar refractivity (Wildman–Crippen MR) is 89.1 cm³/mol. The van der Waals surface area contributed by atoms with Gasteiger partial charge in [0.15, 0.2) is 0 Å². The molecule has 134 valence electrons. The number of carbonyl (C=O) groups is 2. The van der Waals surface area contributed by atoms with Crippen LogP contribution in [0.15, 0.2) is 18.3 Å². The van der Waals surface area contributed by atoms with Crippen molar-refractivity contribution in [1.29, 1.82) is 0 Å². The van der Waals surface area contributed by atoms with Gasteiger partial charge in [-0.1, -0.05) is 13.3 Å². The number of rotatable bonds is 8. The van der Waals surface area contributed by atoms with Crippen molar-refractivity contribution in [3.8, 4) is 5.75 Å². The Morgan fingerprint density at radius 1 is 1.33 bits per heavy atom. The SMILES string of the molecule is CCCCOc1ccc(CC(NC(=O)OC(C)(C)C)C(=O)O)nc1. The number of unbranched alkanes of at least 4 members (excludes halogenated alkanes) is 1. The van der Waals surface area contributed by atoms with Crippen molar-refractivity contribution in [2.45, 2.75) is 58.6 Å². The zero-order valence-electron chi connectivity index (χ0n) is 14.7. The summed E-state index contributed by atoms with van der Waals surface area (Å²) in [5.41, 5.74) is -0.149. The van der Waals surface area contributed by atoms with Gasteiger partial charge in [0, 0.05) is 12.1 Å². The second-order valence-electron chi connectivity index (χ2n) is 6.43. The van der Waals surface area contributed by atoms with E-state index in [4.69, 9.17) is 9.47 Å². The molecule has 1 unspecified atom stereocenters. The number of pyridine rings is 1. The minimum absolute atomic E-state index is 0.0593. The van der Waals surface area contributed by atoms with Crippen molar-refractivity contribution in [2.75, 3.05) is 6.61 Å². The van der Waals surface area contributed by atoms with Gasteiger partial charge in [0.05, 0.1) is 12.8 Å². The first-order valence-electron chi connectivity index (χ1n) is 8.01. The molecule has 0 aromatic carbocycles. The van der Waals surface area contributed by atoms with Crippen LogP contribution < -0.4 is 10.1 Å². The number of amides is 1. The van der Waals surface area contributed by atoms with Crippen molar-refractivity contribution in [3.63, 3.8) is 0 Å². The number of hydrogen-bond acceptors (Lipinski definition) is 5. The van der Waals surface area contributed by atoms with E-state index in [-0.39, 0.29) is 6.42 Å². The molecule has 1 aromatic rings. The maximum atomic E-state index is 11.7. The number of alkyl carbamates (subject to hydrolysis) is 1. The van der Waals surface area contributed by atoms with E-state index in [1.807, 2.05) is 0 Å². The van der Waals surface area contributed by atoms with Crippen LogP contribution in [0.5, 0.6) is 5.75 Å². The lowest BCUT2D eigenvalue weighted by Gasteiger charge is -2.21. The third-order valence-electron chi connectivity index (χ3n) is 2.97. The molecule has 1 amide bonds. The van der Waals surface area contributed by atoms with E-state index >= 15 is 0 Å². The van der Waals surface area contributed by atoms with Gasteiger partial charge in [-0.2, -0.15) is 0 Å². The highest BCUT2D eigenvalue weighted by Gasteiger charge is 2.24. The standard InChI is InChI=1S/C17H26N2O5/c1-5-6-9-23-13-8-7-12(18-11-13)10-14(15(20)21)19-16(22)24-17(2,3)4/h7-8,11,14H,5-6,9-10H2,1-4H3,(H,19,22)(H,20,21). The van der Waals surface area contributed by atoms with Gasteiger partial charge in [-0.25, -0.2) is 9.59 Å². The summed E-state index contributed by atoms with van der Waals surface area (Å²) in [6.45, 7) is 7.83. The Morgan fingerprint density at radius 3 is 2.54 bits per heavy atom. The summed E-state index contributed by atoms with van der Waals surface area (Å²) in [6.07, 6.45) is 2.85. The van der Waals surface area contributed by atoms with Crippen LogP contribution in [-0.2, 0) is 16.0 Å². The molecule has 24 heavy (non-hydrogen) atoms. The summed E-state index contributed by atoms with van der Waals surface area (Å²) in [6, 6.07) is 2.32. The highest BCUT2D eigenvalue weighted by atomic mass is 16.6. The number of aliphatic carboxylic acids is 1. The van der Waals surface area contributed by atoms with Crippen LogP contribution in [0.2, 0.25) is 0 Å². The molecule has 0 saturated carbocycles.